The Bertz CT molecular complexity index is 505. The fourth-order valence-electron chi connectivity index (χ4n) is 1.27. The summed E-state index contributed by atoms with van der Waals surface area (Å²) in [5.74, 6) is -1.32. The molecule has 1 aromatic heterocycles. The molecule has 7 heteroatoms. The van der Waals surface area contributed by atoms with Crippen molar-refractivity contribution in [3.63, 3.8) is 0 Å². The lowest BCUT2D eigenvalue weighted by Gasteiger charge is -2.17. The number of carbonyl (C=O) groups is 1. The lowest BCUT2D eigenvalue weighted by molar-refractivity contribution is -0.141. The highest BCUT2D eigenvalue weighted by molar-refractivity contribution is 7.89. The number of nitrogens with zero attached hydrogens (tertiary/aromatic N) is 1. The minimum Gasteiger partial charge on any atom is -0.481 e. The monoisotopic (exact) mass is 261 g/mol. The topological polar surface area (TPSA) is 87.8 Å². The molecule has 0 spiro atoms. The fourth-order valence-corrected chi connectivity index (χ4v) is 2.47. The van der Waals surface area contributed by atoms with Crippen LogP contribution in [0.15, 0.2) is 21.6 Å². The Hall–Kier alpha value is -1.34. The van der Waals surface area contributed by atoms with Gasteiger partial charge >= 0.3 is 5.97 Å². The molecule has 0 aliphatic rings. The zero-order valence-corrected chi connectivity index (χ0v) is 10.7. The maximum absolute atomic E-state index is 11.9. The molecule has 0 radical (unpaired) electrons. The molecule has 1 aromatic rings. The number of furan rings is 1. The Kier molecular flexibility index (Phi) is 3.94. The lowest BCUT2D eigenvalue weighted by atomic mass is 10.2. The second-order valence-electron chi connectivity index (χ2n) is 3.89. The first-order chi connectivity index (χ1) is 7.75. The summed E-state index contributed by atoms with van der Waals surface area (Å²) >= 11 is 0. The Labute approximate surface area is 99.9 Å². The number of rotatable bonds is 5. The average molecular weight is 261 g/mol. The number of carboxylic acids is 1. The molecule has 6 nitrogen and oxygen atoms in total. The van der Waals surface area contributed by atoms with Crippen LogP contribution in [-0.2, 0) is 14.8 Å². The molecule has 0 aliphatic carbocycles. The number of aliphatic carboxylic acids is 1. The second kappa shape index (κ2) is 4.89. The second-order valence-corrected chi connectivity index (χ2v) is 5.87. The number of sulfonamides is 1. The smallest absolute Gasteiger partial charge is 0.307 e. The highest BCUT2D eigenvalue weighted by Crippen LogP contribution is 2.18. The van der Waals surface area contributed by atoms with Crippen LogP contribution >= 0.6 is 0 Å². The number of aryl methyl sites for hydroxylation is 1. The minimum absolute atomic E-state index is 0.0998. The van der Waals surface area contributed by atoms with E-state index in [1.807, 2.05) is 0 Å². The third-order valence-corrected chi connectivity index (χ3v) is 4.03. The van der Waals surface area contributed by atoms with Gasteiger partial charge in [0.05, 0.1) is 5.92 Å². The molecule has 0 fully saturated rings. The summed E-state index contributed by atoms with van der Waals surface area (Å²) in [5, 5.41) is 8.56. The van der Waals surface area contributed by atoms with Crippen LogP contribution < -0.4 is 0 Å². The van der Waals surface area contributed by atoms with Crippen molar-refractivity contribution < 1.29 is 22.7 Å². The van der Waals surface area contributed by atoms with Crippen molar-refractivity contribution in [2.75, 3.05) is 13.6 Å². The standard InChI is InChI=1S/C10H15NO5S/c1-7(10(12)13)6-11(3)17(14,15)9-5-4-8(2)16-9/h4-5,7H,6H2,1-3H3,(H,12,13). The van der Waals surface area contributed by atoms with Crippen LogP contribution in [0, 0.1) is 12.8 Å². The van der Waals surface area contributed by atoms with E-state index in [1.165, 1.54) is 20.0 Å². The summed E-state index contributed by atoms with van der Waals surface area (Å²) < 4.78 is 29.9. The molecule has 0 saturated carbocycles. The van der Waals surface area contributed by atoms with E-state index in [9.17, 15) is 13.2 Å². The van der Waals surface area contributed by atoms with Crippen molar-refractivity contribution in [3.8, 4) is 0 Å². The van der Waals surface area contributed by atoms with E-state index >= 15 is 0 Å². The molecule has 1 heterocycles. The van der Waals surface area contributed by atoms with E-state index in [4.69, 9.17) is 9.52 Å². The number of carboxylic acid groups (broad SMARTS) is 1. The molecule has 0 amide bonds. The molecular formula is C10H15NO5S. The maximum Gasteiger partial charge on any atom is 0.307 e. The fraction of sp³-hybridized carbons (Fsp3) is 0.500. The molecule has 1 unspecified atom stereocenters. The van der Waals surface area contributed by atoms with Crippen LogP contribution in [0.1, 0.15) is 12.7 Å². The zero-order valence-electron chi connectivity index (χ0n) is 9.87. The summed E-state index contributed by atoms with van der Waals surface area (Å²) in [5.41, 5.74) is 0. The average Bonchev–Trinajstić information content (AvgIpc) is 2.64. The Morgan fingerprint density at radius 1 is 1.53 bits per heavy atom. The van der Waals surface area contributed by atoms with Gasteiger partial charge in [0.25, 0.3) is 10.0 Å². The summed E-state index contributed by atoms with van der Waals surface area (Å²) in [7, 11) is -2.42. The van der Waals surface area contributed by atoms with Crippen LogP contribution in [0.3, 0.4) is 0 Å². The quantitative estimate of drug-likeness (QED) is 0.851. The van der Waals surface area contributed by atoms with Crippen molar-refractivity contribution in [1.82, 2.24) is 4.31 Å². The van der Waals surface area contributed by atoms with E-state index in [1.54, 1.807) is 13.0 Å². The largest absolute Gasteiger partial charge is 0.481 e. The van der Waals surface area contributed by atoms with Gasteiger partial charge in [0.1, 0.15) is 5.76 Å². The summed E-state index contributed by atoms with van der Waals surface area (Å²) in [6.45, 7) is 2.98. The maximum atomic E-state index is 11.9. The Balaban J connectivity index is 2.88. The normalized spacial score (nSPS) is 13.9. The molecule has 17 heavy (non-hydrogen) atoms. The van der Waals surface area contributed by atoms with Crippen molar-refractivity contribution >= 4 is 16.0 Å². The van der Waals surface area contributed by atoms with Gasteiger partial charge in [0.2, 0.25) is 5.09 Å². The van der Waals surface area contributed by atoms with Crippen LogP contribution in [-0.4, -0.2) is 37.4 Å². The number of hydrogen-bond donors (Lipinski definition) is 1. The van der Waals surface area contributed by atoms with Crippen LogP contribution in [0.4, 0.5) is 0 Å². The summed E-state index contributed by atoms with van der Waals surface area (Å²) in [4.78, 5) is 10.7. The van der Waals surface area contributed by atoms with Gasteiger partial charge < -0.3 is 9.52 Å². The summed E-state index contributed by atoms with van der Waals surface area (Å²) in [6.07, 6.45) is 0. The van der Waals surface area contributed by atoms with Gasteiger partial charge in [-0.05, 0) is 19.1 Å². The molecule has 0 bridgehead atoms. The van der Waals surface area contributed by atoms with Crippen molar-refractivity contribution in [2.24, 2.45) is 5.92 Å². The first-order valence-corrected chi connectivity index (χ1v) is 6.44. The van der Waals surface area contributed by atoms with Gasteiger partial charge in [-0.25, -0.2) is 8.42 Å². The predicted molar refractivity (Wildman–Crippen MR) is 60.1 cm³/mol. The zero-order chi connectivity index (χ0) is 13.2. The van der Waals surface area contributed by atoms with Crippen molar-refractivity contribution in [1.29, 1.82) is 0 Å². The molecule has 1 rings (SSSR count). The van der Waals surface area contributed by atoms with E-state index in [2.05, 4.69) is 0 Å². The SMILES string of the molecule is Cc1ccc(S(=O)(=O)N(C)CC(C)C(=O)O)o1. The molecule has 0 aromatic carbocycles. The van der Waals surface area contributed by atoms with E-state index < -0.39 is 21.9 Å². The molecule has 0 saturated heterocycles. The van der Waals surface area contributed by atoms with Crippen LogP contribution in [0.5, 0.6) is 0 Å². The summed E-state index contributed by atoms with van der Waals surface area (Å²) in [6, 6.07) is 2.90. The highest BCUT2D eigenvalue weighted by Gasteiger charge is 2.27. The molecule has 0 aliphatic heterocycles. The van der Waals surface area contributed by atoms with Gasteiger partial charge in [0, 0.05) is 13.6 Å². The van der Waals surface area contributed by atoms with Gasteiger partial charge in [-0.2, -0.15) is 4.31 Å². The minimum atomic E-state index is -3.74. The molecule has 1 atom stereocenters. The van der Waals surface area contributed by atoms with E-state index in [-0.39, 0.29) is 11.6 Å². The van der Waals surface area contributed by atoms with E-state index in [0.29, 0.717) is 5.76 Å². The van der Waals surface area contributed by atoms with Gasteiger partial charge in [-0.1, -0.05) is 6.92 Å². The molecular weight excluding hydrogens is 246 g/mol. The van der Waals surface area contributed by atoms with Crippen LogP contribution in [0.25, 0.3) is 0 Å². The Morgan fingerprint density at radius 3 is 2.53 bits per heavy atom. The van der Waals surface area contributed by atoms with Crippen molar-refractivity contribution in [3.05, 3.63) is 17.9 Å². The molecule has 1 N–H and O–H groups in total. The van der Waals surface area contributed by atoms with E-state index in [0.717, 1.165) is 4.31 Å². The first-order valence-electron chi connectivity index (χ1n) is 5.00. The van der Waals surface area contributed by atoms with Gasteiger partial charge in [0.15, 0.2) is 0 Å². The van der Waals surface area contributed by atoms with Gasteiger partial charge in [-0.3, -0.25) is 4.79 Å². The van der Waals surface area contributed by atoms with Crippen molar-refractivity contribution in [2.45, 2.75) is 18.9 Å². The number of hydrogen-bond acceptors (Lipinski definition) is 4. The first kappa shape index (κ1) is 13.7. The third kappa shape index (κ3) is 3.07. The van der Waals surface area contributed by atoms with Gasteiger partial charge in [-0.15, -0.1) is 0 Å². The molecule has 96 valence electrons. The Morgan fingerprint density at radius 2 is 2.12 bits per heavy atom. The highest BCUT2D eigenvalue weighted by atomic mass is 32.2. The third-order valence-electron chi connectivity index (χ3n) is 2.33. The lowest BCUT2D eigenvalue weighted by Crippen LogP contribution is -2.33. The predicted octanol–water partition coefficient (Wildman–Crippen LogP) is 0.929. The van der Waals surface area contributed by atoms with Crippen LogP contribution in [0.2, 0.25) is 0 Å².